The van der Waals surface area contributed by atoms with Crippen molar-refractivity contribution in [2.24, 2.45) is 0 Å². The third kappa shape index (κ3) is 3.39. The lowest BCUT2D eigenvalue weighted by atomic mass is 9.99. The van der Waals surface area contributed by atoms with Gasteiger partial charge in [0.1, 0.15) is 0 Å². The zero-order valence-corrected chi connectivity index (χ0v) is 11.2. The van der Waals surface area contributed by atoms with Crippen LogP contribution < -0.4 is 5.32 Å². The van der Waals surface area contributed by atoms with Gasteiger partial charge >= 0.3 is 0 Å². The lowest BCUT2D eigenvalue weighted by molar-refractivity contribution is 0.0924. The summed E-state index contributed by atoms with van der Waals surface area (Å²) in [6.45, 7) is 3.71. The Morgan fingerprint density at radius 1 is 1.47 bits per heavy atom. The zero-order valence-electron chi connectivity index (χ0n) is 9.68. The molecule has 0 aliphatic heterocycles. The molecule has 0 radical (unpaired) electrons. The molecule has 1 aromatic rings. The average Bonchev–Trinajstić information content (AvgIpc) is 2.32. The Bertz CT molecular complexity index is 479. The molecule has 1 aromatic carbocycles. The van der Waals surface area contributed by atoms with E-state index in [0.717, 1.165) is 0 Å². The highest BCUT2D eigenvalue weighted by molar-refractivity contribution is 6.42. The van der Waals surface area contributed by atoms with Crippen LogP contribution in [-0.2, 0) is 0 Å². The summed E-state index contributed by atoms with van der Waals surface area (Å²) in [5.41, 5.74) is -0.210. The lowest BCUT2D eigenvalue weighted by Gasteiger charge is -2.23. The van der Waals surface area contributed by atoms with Crippen molar-refractivity contribution in [3.63, 3.8) is 0 Å². The van der Waals surface area contributed by atoms with Gasteiger partial charge in [0.2, 0.25) is 0 Å². The molecule has 0 aromatic heterocycles. The number of nitrogens with one attached hydrogen (secondary N) is 1. The predicted molar refractivity (Wildman–Crippen MR) is 71.5 cm³/mol. The summed E-state index contributed by atoms with van der Waals surface area (Å²) in [4.78, 5) is 11.9. The van der Waals surface area contributed by atoms with Gasteiger partial charge in [-0.25, -0.2) is 0 Å². The Hall–Kier alpha value is -1.17. The maximum absolute atomic E-state index is 11.9. The molecule has 1 amide bonds. The van der Waals surface area contributed by atoms with E-state index in [4.69, 9.17) is 29.6 Å². The molecular weight excluding hydrogens is 257 g/mol. The Morgan fingerprint density at radius 2 is 2.12 bits per heavy atom. The number of amides is 1. The third-order valence-electron chi connectivity index (χ3n) is 2.60. The molecule has 2 nitrogen and oxygen atoms in total. The molecule has 0 heterocycles. The number of terminal acetylenes is 1. The maximum atomic E-state index is 11.9. The first kappa shape index (κ1) is 13.9. The summed E-state index contributed by atoms with van der Waals surface area (Å²) < 4.78 is 0. The highest BCUT2D eigenvalue weighted by atomic mass is 35.5. The third-order valence-corrected chi connectivity index (χ3v) is 3.34. The minimum absolute atomic E-state index is 0.258. The highest BCUT2D eigenvalue weighted by Crippen LogP contribution is 2.22. The van der Waals surface area contributed by atoms with Gasteiger partial charge in [-0.05, 0) is 31.5 Å². The van der Waals surface area contributed by atoms with E-state index in [1.807, 2.05) is 6.92 Å². The second kappa shape index (κ2) is 5.44. The van der Waals surface area contributed by atoms with Crippen LogP contribution in [0.25, 0.3) is 0 Å². The van der Waals surface area contributed by atoms with Crippen LogP contribution in [-0.4, -0.2) is 11.4 Å². The van der Waals surface area contributed by atoms with Gasteiger partial charge < -0.3 is 5.32 Å². The van der Waals surface area contributed by atoms with Gasteiger partial charge in [-0.15, -0.1) is 6.42 Å². The number of carbonyl (C=O) groups is 1. The molecule has 17 heavy (non-hydrogen) atoms. The van der Waals surface area contributed by atoms with Crippen molar-refractivity contribution in [2.45, 2.75) is 25.8 Å². The average molecular weight is 270 g/mol. The van der Waals surface area contributed by atoms with Gasteiger partial charge in [0.25, 0.3) is 5.91 Å². The molecule has 0 spiro atoms. The molecule has 0 aliphatic rings. The van der Waals surface area contributed by atoms with Crippen molar-refractivity contribution in [1.29, 1.82) is 0 Å². The largest absolute Gasteiger partial charge is 0.336 e. The topological polar surface area (TPSA) is 29.1 Å². The number of rotatable bonds is 3. The number of halogens is 2. The minimum Gasteiger partial charge on any atom is -0.336 e. The number of hydrogen-bond donors (Lipinski definition) is 1. The van der Waals surface area contributed by atoms with Crippen molar-refractivity contribution in [1.82, 2.24) is 5.32 Å². The summed E-state index contributed by atoms with van der Waals surface area (Å²) in [6, 6.07) is 4.71. The van der Waals surface area contributed by atoms with E-state index in [-0.39, 0.29) is 5.91 Å². The molecule has 0 fully saturated rings. The normalized spacial score (nSPS) is 13.6. The SMILES string of the molecule is C#C[C@@](C)(CC)NC(=O)c1ccc(Cl)c(Cl)c1. The van der Waals surface area contributed by atoms with Crippen molar-refractivity contribution in [3.05, 3.63) is 33.8 Å². The number of carbonyl (C=O) groups excluding carboxylic acids is 1. The number of hydrogen-bond acceptors (Lipinski definition) is 1. The second-order valence-electron chi connectivity index (χ2n) is 3.91. The van der Waals surface area contributed by atoms with Gasteiger partial charge in [-0.3, -0.25) is 4.79 Å². The van der Waals surface area contributed by atoms with Crippen LogP contribution in [0.15, 0.2) is 18.2 Å². The summed E-state index contributed by atoms with van der Waals surface area (Å²) >= 11 is 11.6. The van der Waals surface area contributed by atoms with Gasteiger partial charge in [-0.2, -0.15) is 0 Å². The fraction of sp³-hybridized carbons (Fsp3) is 0.308. The molecule has 1 rings (SSSR count). The van der Waals surface area contributed by atoms with Crippen molar-refractivity contribution in [3.8, 4) is 12.3 Å². The molecule has 1 N–H and O–H groups in total. The van der Waals surface area contributed by atoms with E-state index in [1.54, 1.807) is 19.1 Å². The first-order chi connectivity index (χ1) is 7.91. The molecule has 0 saturated heterocycles. The van der Waals surface area contributed by atoms with Crippen LogP contribution in [0.2, 0.25) is 10.0 Å². The Balaban J connectivity index is 2.91. The Morgan fingerprint density at radius 3 is 2.59 bits per heavy atom. The van der Waals surface area contributed by atoms with Gasteiger partial charge in [0, 0.05) is 5.56 Å². The highest BCUT2D eigenvalue weighted by Gasteiger charge is 2.22. The van der Waals surface area contributed by atoms with Crippen LogP contribution in [0.4, 0.5) is 0 Å². The monoisotopic (exact) mass is 269 g/mol. The quantitative estimate of drug-likeness (QED) is 0.836. The Kier molecular flexibility index (Phi) is 4.45. The molecule has 0 bridgehead atoms. The van der Waals surface area contributed by atoms with Crippen LogP contribution in [0, 0.1) is 12.3 Å². The van der Waals surface area contributed by atoms with Crippen LogP contribution in [0.1, 0.15) is 30.6 Å². The van der Waals surface area contributed by atoms with E-state index in [0.29, 0.717) is 22.0 Å². The number of benzene rings is 1. The van der Waals surface area contributed by atoms with E-state index in [1.165, 1.54) is 6.07 Å². The van der Waals surface area contributed by atoms with Crippen molar-refractivity contribution < 1.29 is 4.79 Å². The molecule has 0 saturated carbocycles. The van der Waals surface area contributed by atoms with Crippen LogP contribution >= 0.6 is 23.2 Å². The first-order valence-corrected chi connectivity index (χ1v) is 5.93. The summed E-state index contributed by atoms with van der Waals surface area (Å²) in [5.74, 6) is 2.31. The first-order valence-electron chi connectivity index (χ1n) is 5.17. The van der Waals surface area contributed by atoms with Crippen LogP contribution in [0.3, 0.4) is 0 Å². The van der Waals surface area contributed by atoms with E-state index < -0.39 is 5.54 Å². The minimum atomic E-state index is -0.650. The zero-order chi connectivity index (χ0) is 13.1. The van der Waals surface area contributed by atoms with Gasteiger partial charge in [0.05, 0.1) is 15.6 Å². The summed E-state index contributed by atoms with van der Waals surface area (Å²) in [7, 11) is 0. The van der Waals surface area contributed by atoms with Gasteiger partial charge in [-0.1, -0.05) is 36.0 Å². The van der Waals surface area contributed by atoms with E-state index >= 15 is 0 Å². The lowest BCUT2D eigenvalue weighted by Crippen LogP contribution is -2.44. The summed E-state index contributed by atoms with van der Waals surface area (Å²) in [5, 5.41) is 3.54. The molecule has 1 atom stereocenters. The molecule has 4 heteroatoms. The fourth-order valence-electron chi connectivity index (χ4n) is 1.19. The van der Waals surface area contributed by atoms with Gasteiger partial charge in [0.15, 0.2) is 0 Å². The fourth-order valence-corrected chi connectivity index (χ4v) is 1.48. The Labute approximate surface area is 111 Å². The molecular formula is C13H13Cl2NO. The van der Waals surface area contributed by atoms with Crippen molar-refractivity contribution >= 4 is 29.1 Å². The smallest absolute Gasteiger partial charge is 0.252 e. The molecule has 90 valence electrons. The van der Waals surface area contributed by atoms with Crippen LogP contribution in [0.5, 0.6) is 0 Å². The predicted octanol–water partition coefficient (Wildman–Crippen LogP) is 3.53. The maximum Gasteiger partial charge on any atom is 0.252 e. The van der Waals surface area contributed by atoms with E-state index in [9.17, 15) is 4.79 Å². The standard InChI is InChI=1S/C13H13Cl2NO/c1-4-13(3,5-2)16-12(17)9-6-7-10(14)11(15)8-9/h1,6-8H,5H2,2-3H3,(H,16,17)/t13-/m0/s1. The second-order valence-corrected chi connectivity index (χ2v) is 4.73. The van der Waals surface area contributed by atoms with E-state index in [2.05, 4.69) is 11.2 Å². The summed E-state index contributed by atoms with van der Waals surface area (Å²) in [6.07, 6.45) is 6.04. The molecule has 0 aliphatic carbocycles. The van der Waals surface area contributed by atoms with Crippen molar-refractivity contribution in [2.75, 3.05) is 0 Å². The molecule has 0 unspecified atom stereocenters.